The fraction of sp³-hybridized carbons (Fsp3) is 0.429. The zero-order chi connectivity index (χ0) is 15.2. The molecule has 7 heteroatoms. The van der Waals surface area contributed by atoms with Gasteiger partial charge < -0.3 is 11.1 Å². The van der Waals surface area contributed by atoms with E-state index < -0.39 is 11.8 Å². The number of unbranched alkanes of at least 4 members (excludes halogenated alkanes) is 1. The van der Waals surface area contributed by atoms with Crippen LogP contribution in [-0.2, 0) is 4.79 Å². The Morgan fingerprint density at radius 1 is 1.33 bits per heavy atom. The number of hydrogen-bond donors (Lipinski definition) is 3. The van der Waals surface area contributed by atoms with Crippen molar-refractivity contribution in [3.8, 4) is 0 Å². The fourth-order valence-corrected chi connectivity index (χ4v) is 2.13. The highest BCUT2D eigenvalue weighted by Crippen LogP contribution is 2.24. The first-order valence-corrected chi connectivity index (χ1v) is 6.96. The van der Waals surface area contributed by atoms with Crippen molar-refractivity contribution < 1.29 is 14.0 Å². The molecule has 6 nitrogen and oxygen atoms in total. The van der Waals surface area contributed by atoms with E-state index in [1.165, 1.54) is 17.0 Å². The number of nitrogens with one attached hydrogen (secondary N) is 2. The highest BCUT2D eigenvalue weighted by Gasteiger charge is 2.26. The molecule has 21 heavy (non-hydrogen) atoms. The molecule has 0 radical (unpaired) electrons. The van der Waals surface area contributed by atoms with Crippen molar-refractivity contribution in [3.63, 3.8) is 0 Å². The van der Waals surface area contributed by atoms with Crippen molar-refractivity contribution >= 4 is 23.3 Å². The Bertz CT molecular complexity index is 536. The van der Waals surface area contributed by atoms with Crippen molar-refractivity contribution in [1.29, 1.82) is 0 Å². The van der Waals surface area contributed by atoms with Gasteiger partial charge in [-0.1, -0.05) is 0 Å². The number of imide groups is 1. The van der Waals surface area contributed by atoms with Crippen molar-refractivity contribution in [3.05, 3.63) is 24.0 Å². The molecule has 2 rings (SSSR count). The van der Waals surface area contributed by atoms with Gasteiger partial charge in [0.25, 0.3) is 0 Å². The van der Waals surface area contributed by atoms with Crippen LogP contribution in [0.3, 0.4) is 0 Å². The molecule has 0 aliphatic carbocycles. The fourth-order valence-electron chi connectivity index (χ4n) is 2.13. The molecule has 1 aromatic rings. The maximum Gasteiger partial charge on any atom is 0.328 e. The normalized spacial score (nSPS) is 15.0. The standard InChI is InChI=1S/C14H19FN4O2/c15-11-9-10(17-7-2-1-6-16)3-4-12(11)19-8-5-13(20)18-14(19)21/h3-4,9,17H,1-2,5-8,16H2,(H,18,20,21). The Kier molecular flexibility index (Phi) is 5.10. The van der Waals surface area contributed by atoms with Crippen LogP contribution in [0.4, 0.5) is 20.6 Å². The zero-order valence-corrected chi connectivity index (χ0v) is 11.7. The highest BCUT2D eigenvalue weighted by atomic mass is 19.1. The number of halogens is 1. The van der Waals surface area contributed by atoms with Crippen LogP contribution < -0.4 is 21.3 Å². The van der Waals surface area contributed by atoms with Crippen LogP contribution in [0.15, 0.2) is 18.2 Å². The van der Waals surface area contributed by atoms with Gasteiger partial charge in [0, 0.05) is 25.2 Å². The molecule has 0 spiro atoms. The van der Waals surface area contributed by atoms with E-state index >= 15 is 0 Å². The topological polar surface area (TPSA) is 87.5 Å². The molecule has 1 saturated heterocycles. The molecule has 1 fully saturated rings. The van der Waals surface area contributed by atoms with Crippen LogP contribution in [0, 0.1) is 5.82 Å². The molecule has 0 aromatic heterocycles. The van der Waals surface area contributed by atoms with E-state index in [4.69, 9.17) is 5.73 Å². The van der Waals surface area contributed by atoms with E-state index in [2.05, 4.69) is 10.6 Å². The minimum atomic E-state index is -0.589. The Labute approximate surface area is 122 Å². The van der Waals surface area contributed by atoms with Gasteiger partial charge in [0.05, 0.1) is 5.69 Å². The summed E-state index contributed by atoms with van der Waals surface area (Å²) in [7, 11) is 0. The number of urea groups is 1. The van der Waals surface area contributed by atoms with Crippen LogP contribution in [0.25, 0.3) is 0 Å². The monoisotopic (exact) mass is 294 g/mol. The van der Waals surface area contributed by atoms with E-state index in [-0.39, 0.29) is 24.6 Å². The van der Waals surface area contributed by atoms with Gasteiger partial charge in [-0.2, -0.15) is 0 Å². The Hall–Kier alpha value is -2.15. The Morgan fingerprint density at radius 3 is 2.81 bits per heavy atom. The molecule has 1 aromatic carbocycles. The summed E-state index contributed by atoms with van der Waals surface area (Å²) in [6.45, 7) is 1.54. The number of anilines is 2. The van der Waals surface area contributed by atoms with Crippen LogP contribution >= 0.6 is 0 Å². The van der Waals surface area contributed by atoms with E-state index in [0.29, 0.717) is 18.8 Å². The van der Waals surface area contributed by atoms with Gasteiger partial charge in [-0.15, -0.1) is 0 Å². The summed E-state index contributed by atoms with van der Waals surface area (Å²) in [5, 5.41) is 5.27. The predicted octanol–water partition coefficient (Wildman–Crippen LogP) is 1.42. The van der Waals surface area contributed by atoms with Gasteiger partial charge in [0.1, 0.15) is 5.82 Å². The van der Waals surface area contributed by atoms with Crippen molar-refractivity contribution in [2.24, 2.45) is 5.73 Å². The lowest BCUT2D eigenvalue weighted by molar-refractivity contribution is -0.120. The van der Waals surface area contributed by atoms with Crippen LogP contribution in [0.5, 0.6) is 0 Å². The quantitative estimate of drug-likeness (QED) is 0.692. The molecule has 4 N–H and O–H groups in total. The number of nitrogens with two attached hydrogens (primary N) is 1. The molecule has 1 aliphatic rings. The summed E-state index contributed by atoms with van der Waals surface area (Å²) < 4.78 is 14.1. The summed E-state index contributed by atoms with van der Waals surface area (Å²) in [4.78, 5) is 24.0. The molecule has 0 unspecified atom stereocenters. The summed E-state index contributed by atoms with van der Waals surface area (Å²) in [5.41, 5.74) is 6.23. The van der Waals surface area contributed by atoms with Crippen LogP contribution in [-0.4, -0.2) is 31.6 Å². The minimum Gasteiger partial charge on any atom is -0.385 e. The average molecular weight is 294 g/mol. The lowest BCUT2D eigenvalue weighted by Gasteiger charge is -2.27. The molecular weight excluding hydrogens is 275 g/mol. The third-order valence-electron chi connectivity index (χ3n) is 3.25. The smallest absolute Gasteiger partial charge is 0.328 e. The highest BCUT2D eigenvalue weighted by molar-refractivity contribution is 6.05. The second-order valence-electron chi connectivity index (χ2n) is 4.84. The second kappa shape index (κ2) is 7.03. The number of benzene rings is 1. The summed E-state index contributed by atoms with van der Waals surface area (Å²) >= 11 is 0. The van der Waals surface area contributed by atoms with Gasteiger partial charge in [-0.3, -0.25) is 15.0 Å². The lowest BCUT2D eigenvalue weighted by atomic mass is 10.2. The Balaban J connectivity index is 2.02. The SMILES string of the molecule is NCCCCNc1ccc(N2CCC(=O)NC2=O)c(F)c1. The third-order valence-corrected chi connectivity index (χ3v) is 3.25. The van der Waals surface area contributed by atoms with Crippen molar-refractivity contribution in [2.75, 3.05) is 29.9 Å². The number of hydrogen-bond acceptors (Lipinski definition) is 4. The van der Waals surface area contributed by atoms with E-state index in [1.54, 1.807) is 6.07 Å². The molecule has 0 saturated carbocycles. The number of carbonyl (C=O) groups is 2. The van der Waals surface area contributed by atoms with Gasteiger partial charge in [0.2, 0.25) is 5.91 Å². The molecule has 114 valence electrons. The first kappa shape index (κ1) is 15.2. The maximum atomic E-state index is 14.1. The van der Waals surface area contributed by atoms with Gasteiger partial charge >= 0.3 is 6.03 Å². The van der Waals surface area contributed by atoms with E-state index in [0.717, 1.165) is 12.8 Å². The van der Waals surface area contributed by atoms with Gasteiger partial charge in [0.15, 0.2) is 0 Å². The molecule has 0 atom stereocenters. The summed E-state index contributed by atoms with van der Waals surface area (Å²) in [6.07, 6.45) is 2.00. The zero-order valence-electron chi connectivity index (χ0n) is 11.7. The molecule has 1 heterocycles. The largest absolute Gasteiger partial charge is 0.385 e. The van der Waals surface area contributed by atoms with Crippen molar-refractivity contribution in [1.82, 2.24) is 5.32 Å². The van der Waals surface area contributed by atoms with E-state index in [9.17, 15) is 14.0 Å². The average Bonchev–Trinajstić information content (AvgIpc) is 2.45. The molecule has 0 bridgehead atoms. The van der Waals surface area contributed by atoms with Crippen molar-refractivity contribution in [2.45, 2.75) is 19.3 Å². The second-order valence-corrected chi connectivity index (χ2v) is 4.84. The first-order valence-electron chi connectivity index (χ1n) is 6.96. The predicted molar refractivity (Wildman–Crippen MR) is 78.7 cm³/mol. The number of rotatable bonds is 6. The van der Waals surface area contributed by atoms with Gasteiger partial charge in [-0.25, -0.2) is 9.18 Å². The summed E-state index contributed by atoms with van der Waals surface area (Å²) in [6, 6.07) is 4.01. The van der Waals surface area contributed by atoms with Crippen LogP contribution in [0.2, 0.25) is 0 Å². The maximum absolute atomic E-state index is 14.1. The van der Waals surface area contributed by atoms with Crippen LogP contribution in [0.1, 0.15) is 19.3 Å². The number of carbonyl (C=O) groups excluding carboxylic acids is 2. The molecule has 1 aliphatic heterocycles. The molecular formula is C14H19FN4O2. The van der Waals surface area contributed by atoms with Gasteiger partial charge in [-0.05, 0) is 37.6 Å². The molecule has 3 amide bonds. The Morgan fingerprint density at radius 2 is 2.14 bits per heavy atom. The summed E-state index contributed by atoms with van der Waals surface area (Å²) in [5.74, 6) is -0.835. The minimum absolute atomic E-state index is 0.171. The number of amides is 3. The third kappa shape index (κ3) is 3.91. The first-order chi connectivity index (χ1) is 10.1. The number of nitrogens with zero attached hydrogens (tertiary/aromatic N) is 1. The lowest BCUT2D eigenvalue weighted by Crippen LogP contribution is -2.49. The van der Waals surface area contributed by atoms with E-state index in [1.807, 2.05) is 0 Å².